The van der Waals surface area contributed by atoms with Gasteiger partial charge in [0.1, 0.15) is 11.6 Å². The maximum Gasteiger partial charge on any atom is 0.344 e. The Hall–Kier alpha value is -2.41. The van der Waals surface area contributed by atoms with Gasteiger partial charge in [0.2, 0.25) is 0 Å². The third kappa shape index (κ3) is 5.66. The van der Waals surface area contributed by atoms with Crippen molar-refractivity contribution in [1.82, 2.24) is 0 Å². The predicted octanol–water partition coefficient (Wildman–Crippen LogP) is 3.54. The van der Waals surface area contributed by atoms with Crippen LogP contribution in [0.4, 0.5) is 10.1 Å². The molecule has 1 N–H and O–H groups in total. The molecule has 0 aliphatic carbocycles. The van der Waals surface area contributed by atoms with Gasteiger partial charge in [-0.1, -0.05) is 22.0 Å². The molecule has 7 heteroatoms. The Morgan fingerprint density at radius 2 is 1.92 bits per heavy atom. The summed E-state index contributed by atoms with van der Waals surface area (Å²) in [6.45, 7) is 1.13. The number of carbonyl (C=O) groups excluding carboxylic acids is 2. The number of carbonyl (C=O) groups is 2. The first-order chi connectivity index (χ1) is 11.4. The van der Waals surface area contributed by atoms with Gasteiger partial charge in [0.25, 0.3) is 5.91 Å². The molecule has 126 valence electrons. The number of hydrogen-bond acceptors (Lipinski definition) is 4. The molecule has 1 unspecified atom stereocenters. The Balaban J connectivity index is 1.80. The summed E-state index contributed by atoms with van der Waals surface area (Å²) in [6, 6.07) is 12.3. The molecule has 5 nitrogen and oxygen atoms in total. The lowest BCUT2D eigenvalue weighted by Gasteiger charge is -2.14. The fourth-order valence-electron chi connectivity index (χ4n) is 1.76. The molecular formula is C17H15BrFNO4. The molecule has 0 heterocycles. The molecule has 1 amide bonds. The lowest BCUT2D eigenvalue weighted by atomic mass is 10.3. The zero-order valence-electron chi connectivity index (χ0n) is 12.8. The van der Waals surface area contributed by atoms with E-state index in [0.717, 1.165) is 4.47 Å². The van der Waals surface area contributed by atoms with Crippen molar-refractivity contribution in [1.29, 1.82) is 0 Å². The second kappa shape index (κ2) is 8.44. The molecular weight excluding hydrogens is 381 g/mol. The highest BCUT2D eigenvalue weighted by Gasteiger charge is 2.18. The van der Waals surface area contributed by atoms with E-state index in [4.69, 9.17) is 9.47 Å². The van der Waals surface area contributed by atoms with Crippen LogP contribution in [0, 0.1) is 5.82 Å². The first-order valence-electron chi connectivity index (χ1n) is 7.08. The van der Waals surface area contributed by atoms with Crippen LogP contribution in [0.5, 0.6) is 5.75 Å². The quantitative estimate of drug-likeness (QED) is 0.759. The van der Waals surface area contributed by atoms with Crippen molar-refractivity contribution >= 4 is 33.5 Å². The van der Waals surface area contributed by atoms with Crippen molar-refractivity contribution in [2.45, 2.75) is 13.0 Å². The Bertz CT molecular complexity index is 721. The number of hydrogen-bond donors (Lipinski definition) is 1. The second-order valence-corrected chi connectivity index (χ2v) is 5.79. The van der Waals surface area contributed by atoms with Gasteiger partial charge < -0.3 is 14.8 Å². The number of amides is 1. The van der Waals surface area contributed by atoms with Crippen molar-refractivity contribution in [2.75, 3.05) is 11.9 Å². The van der Waals surface area contributed by atoms with E-state index in [1.165, 1.54) is 31.2 Å². The third-order valence-electron chi connectivity index (χ3n) is 2.94. The SMILES string of the molecule is CC(OC(=O)COc1cccc(Br)c1)C(=O)Nc1ccc(F)cc1. The minimum Gasteiger partial charge on any atom is -0.482 e. The van der Waals surface area contributed by atoms with Gasteiger partial charge in [0.05, 0.1) is 0 Å². The first-order valence-corrected chi connectivity index (χ1v) is 7.87. The van der Waals surface area contributed by atoms with Crippen molar-refractivity contribution < 1.29 is 23.5 Å². The number of nitrogens with one attached hydrogen (secondary N) is 1. The summed E-state index contributed by atoms with van der Waals surface area (Å²) in [7, 11) is 0. The van der Waals surface area contributed by atoms with Crippen LogP contribution in [0.1, 0.15) is 6.92 Å². The molecule has 0 bridgehead atoms. The zero-order valence-corrected chi connectivity index (χ0v) is 14.4. The third-order valence-corrected chi connectivity index (χ3v) is 3.44. The van der Waals surface area contributed by atoms with E-state index in [2.05, 4.69) is 21.2 Å². The number of ether oxygens (including phenoxy) is 2. The summed E-state index contributed by atoms with van der Waals surface area (Å²) >= 11 is 3.29. The summed E-state index contributed by atoms with van der Waals surface area (Å²) in [4.78, 5) is 23.6. The van der Waals surface area contributed by atoms with Crippen molar-refractivity contribution in [3.05, 3.63) is 58.8 Å². The van der Waals surface area contributed by atoms with Crippen LogP contribution in [0.15, 0.2) is 53.0 Å². The smallest absolute Gasteiger partial charge is 0.344 e. The highest BCUT2D eigenvalue weighted by atomic mass is 79.9. The van der Waals surface area contributed by atoms with E-state index in [-0.39, 0.29) is 6.61 Å². The summed E-state index contributed by atoms with van der Waals surface area (Å²) in [5.74, 6) is -1.09. The van der Waals surface area contributed by atoms with Crippen LogP contribution < -0.4 is 10.1 Å². The molecule has 0 radical (unpaired) electrons. The van der Waals surface area contributed by atoms with Crippen LogP contribution in [0.25, 0.3) is 0 Å². The topological polar surface area (TPSA) is 64.6 Å². The zero-order chi connectivity index (χ0) is 17.5. The minimum absolute atomic E-state index is 0.315. The van der Waals surface area contributed by atoms with Gasteiger partial charge in [-0.25, -0.2) is 9.18 Å². The number of anilines is 1. The maximum absolute atomic E-state index is 12.8. The molecule has 0 aliphatic rings. The summed E-state index contributed by atoms with van der Waals surface area (Å²) in [5.41, 5.74) is 0.412. The second-order valence-electron chi connectivity index (χ2n) is 4.87. The van der Waals surface area contributed by atoms with Gasteiger partial charge in [-0.2, -0.15) is 0 Å². The molecule has 1 atom stereocenters. The highest BCUT2D eigenvalue weighted by Crippen LogP contribution is 2.17. The minimum atomic E-state index is -1.01. The van der Waals surface area contributed by atoms with Crippen LogP contribution >= 0.6 is 15.9 Å². The van der Waals surface area contributed by atoms with Crippen LogP contribution in [0.3, 0.4) is 0 Å². The van der Waals surface area contributed by atoms with E-state index < -0.39 is 23.8 Å². The van der Waals surface area contributed by atoms with Gasteiger partial charge in [0, 0.05) is 10.2 Å². The molecule has 2 aromatic carbocycles. The Morgan fingerprint density at radius 1 is 1.21 bits per heavy atom. The van der Waals surface area contributed by atoms with Gasteiger partial charge in [-0.15, -0.1) is 0 Å². The maximum atomic E-state index is 12.8. The number of esters is 1. The van der Waals surface area contributed by atoms with E-state index in [1.54, 1.807) is 18.2 Å². The molecule has 24 heavy (non-hydrogen) atoms. The average Bonchev–Trinajstić information content (AvgIpc) is 2.55. The van der Waals surface area contributed by atoms with Gasteiger partial charge in [-0.3, -0.25) is 4.79 Å². The summed E-state index contributed by atoms with van der Waals surface area (Å²) in [6.07, 6.45) is -1.01. The summed E-state index contributed by atoms with van der Waals surface area (Å²) < 4.78 is 23.9. The van der Waals surface area contributed by atoms with Crippen molar-refractivity contribution in [2.24, 2.45) is 0 Å². The molecule has 0 fully saturated rings. The van der Waals surface area contributed by atoms with E-state index in [9.17, 15) is 14.0 Å². The monoisotopic (exact) mass is 395 g/mol. The predicted molar refractivity (Wildman–Crippen MR) is 90.2 cm³/mol. The molecule has 0 saturated carbocycles. The van der Waals surface area contributed by atoms with E-state index in [1.807, 2.05) is 6.07 Å². The van der Waals surface area contributed by atoms with Crippen molar-refractivity contribution in [3.63, 3.8) is 0 Å². The van der Waals surface area contributed by atoms with Crippen LogP contribution in [-0.4, -0.2) is 24.6 Å². The fourth-order valence-corrected chi connectivity index (χ4v) is 2.14. The van der Waals surface area contributed by atoms with Crippen molar-refractivity contribution in [3.8, 4) is 5.75 Å². The Labute approximate surface area is 146 Å². The molecule has 0 aliphatic heterocycles. The number of benzene rings is 2. The lowest BCUT2D eigenvalue weighted by Crippen LogP contribution is -2.31. The molecule has 0 aromatic heterocycles. The normalized spacial score (nSPS) is 11.5. The Kier molecular flexibility index (Phi) is 6.31. The fraction of sp³-hybridized carbons (Fsp3) is 0.176. The molecule has 2 aromatic rings. The first kappa shape index (κ1) is 17.9. The number of halogens is 2. The van der Waals surface area contributed by atoms with Gasteiger partial charge in [0.15, 0.2) is 12.7 Å². The molecule has 0 saturated heterocycles. The largest absolute Gasteiger partial charge is 0.482 e. The molecule has 0 spiro atoms. The van der Waals surface area contributed by atoms with E-state index >= 15 is 0 Å². The van der Waals surface area contributed by atoms with Crippen LogP contribution in [-0.2, 0) is 14.3 Å². The standard InChI is InChI=1S/C17H15BrFNO4/c1-11(17(22)20-14-7-5-13(19)6-8-14)24-16(21)10-23-15-4-2-3-12(18)9-15/h2-9,11H,10H2,1H3,(H,20,22). The molecule has 2 rings (SSSR count). The summed E-state index contributed by atoms with van der Waals surface area (Å²) in [5, 5.41) is 2.53. The van der Waals surface area contributed by atoms with Gasteiger partial charge in [-0.05, 0) is 49.4 Å². The number of rotatable bonds is 6. The lowest BCUT2D eigenvalue weighted by molar-refractivity contribution is -0.155. The van der Waals surface area contributed by atoms with E-state index in [0.29, 0.717) is 11.4 Å². The highest BCUT2D eigenvalue weighted by molar-refractivity contribution is 9.10. The van der Waals surface area contributed by atoms with Gasteiger partial charge >= 0.3 is 5.97 Å². The average molecular weight is 396 g/mol. The van der Waals surface area contributed by atoms with Crippen LogP contribution in [0.2, 0.25) is 0 Å². The Morgan fingerprint density at radius 3 is 2.58 bits per heavy atom.